The predicted octanol–water partition coefficient (Wildman–Crippen LogP) is 2.54. The van der Waals surface area contributed by atoms with E-state index in [4.69, 9.17) is 9.84 Å². The molecule has 0 aliphatic rings. The molecule has 0 radical (unpaired) electrons. The maximum atomic E-state index is 12.3. The molecule has 1 aromatic carbocycles. The van der Waals surface area contributed by atoms with E-state index in [0.717, 1.165) is 5.56 Å². The minimum atomic E-state index is -4.43. The summed E-state index contributed by atoms with van der Waals surface area (Å²) >= 11 is 0. The smallest absolute Gasteiger partial charge is 0.397 e. The van der Waals surface area contributed by atoms with E-state index in [2.05, 4.69) is 0 Å². The lowest BCUT2D eigenvalue weighted by molar-refractivity contribution is -0.190. The van der Waals surface area contributed by atoms with Crippen LogP contribution in [0, 0.1) is 12.8 Å². The second-order valence-electron chi connectivity index (χ2n) is 3.55. The van der Waals surface area contributed by atoms with E-state index < -0.39 is 25.3 Å². The van der Waals surface area contributed by atoms with Gasteiger partial charge in [-0.2, -0.15) is 13.2 Å². The Hall–Kier alpha value is -1.23. The largest absolute Gasteiger partial charge is 0.493 e. The van der Waals surface area contributed by atoms with Crippen molar-refractivity contribution in [2.75, 3.05) is 13.2 Å². The highest BCUT2D eigenvalue weighted by Gasteiger charge is 2.39. The van der Waals surface area contributed by atoms with Crippen molar-refractivity contribution in [3.63, 3.8) is 0 Å². The number of aliphatic hydroxyl groups is 1. The van der Waals surface area contributed by atoms with E-state index in [1.54, 1.807) is 18.2 Å². The van der Waals surface area contributed by atoms with Gasteiger partial charge in [0.25, 0.3) is 0 Å². The van der Waals surface area contributed by atoms with E-state index in [1.165, 1.54) is 0 Å². The summed E-state index contributed by atoms with van der Waals surface area (Å²) in [6, 6.07) is 6.75. The minimum Gasteiger partial charge on any atom is -0.493 e. The zero-order valence-corrected chi connectivity index (χ0v) is 8.79. The van der Waals surface area contributed by atoms with Crippen LogP contribution in [0.3, 0.4) is 0 Å². The quantitative estimate of drug-likeness (QED) is 0.867. The fourth-order valence-corrected chi connectivity index (χ4v) is 1.15. The molecule has 0 spiro atoms. The monoisotopic (exact) mass is 234 g/mol. The van der Waals surface area contributed by atoms with E-state index >= 15 is 0 Å². The van der Waals surface area contributed by atoms with Crippen molar-refractivity contribution in [3.05, 3.63) is 29.8 Å². The first-order valence-corrected chi connectivity index (χ1v) is 4.80. The van der Waals surface area contributed by atoms with Gasteiger partial charge < -0.3 is 9.84 Å². The van der Waals surface area contributed by atoms with Crippen molar-refractivity contribution >= 4 is 0 Å². The standard InChI is InChI=1S/C11H13F3O2/c1-8-3-2-4-10(5-8)16-7-9(6-15)11(12,13)14/h2-5,9,15H,6-7H2,1H3. The van der Waals surface area contributed by atoms with Crippen LogP contribution < -0.4 is 4.74 Å². The summed E-state index contributed by atoms with van der Waals surface area (Å²) in [6.45, 7) is 0.291. The Kier molecular flexibility index (Phi) is 4.18. The van der Waals surface area contributed by atoms with Gasteiger partial charge in [-0.05, 0) is 24.6 Å². The van der Waals surface area contributed by atoms with Crippen molar-refractivity contribution in [2.24, 2.45) is 5.92 Å². The molecule has 0 saturated heterocycles. The maximum absolute atomic E-state index is 12.3. The molecule has 1 unspecified atom stereocenters. The molecule has 90 valence electrons. The van der Waals surface area contributed by atoms with Crippen LogP contribution in [0.5, 0.6) is 5.75 Å². The molecule has 1 N–H and O–H groups in total. The Morgan fingerprint density at radius 2 is 2.06 bits per heavy atom. The third-order valence-electron chi connectivity index (χ3n) is 2.12. The Bertz CT molecular complexity index is 336. The van der Waals surface area contributed by atoms with E-state index in [0.29, 0.717) is 5.75 Å². The first-order valence-electron chi connectivity index (χ1n) is 4.80. The molecule has 0 aliphatic carbocycles. The van der Waals surface area contributed by atoms with Gasteiger partial charge in [0.15, 0.2) is 0 Å². The highest BCUT2D eigenvalue weighted by molar-refractivity contribution is 5.27. The van der Waals surface area contributed by atoms with E-state index in [1.807, 2.05) is 13.0 Å². The third-order valence-corrected chi connectivity index (χ3v) is 2.12. The molecule has 1 aromatic rings. The number of alkyl halides is 3. The molecule has 1 rings (SSSR count). The van der Waals surface area contributed by atoms with Crippen LogP contribution in [0.25, 0.3) is 0 Å². The lowest BCUT2D eigenvalue weighted by Crippen LogP contribution is -2.31. The second-order valence-corrected chi connectivity index (χ2v) is 3.55. The summed E-state index contributed by atoms with van der Waals surface area (Å²) in [7, 11) is 0. The van der Waals surface area contributed by atoms with Crippen LogP contribution in [0.4, 0.5) is 13.2 Å². The molecule has 0 amide bonds. The van der Waals surface area contributed by atoms with Crippen molar-refractivity contribution < 1.29 is 23.0 Å². The fourth-order valence-electron chi connectivity index (χ4n) is 1.15. The normalized spacial score (nSPS) is 13.6. The van der Waals surface area contributed by atoms with E-state index in [-0.39, 0.29) is 0 Å². The molecular formula is C11H13F3O2. The Morgan fingerprint density at radius 3 is 2.56 bits per heavy atom. The van der Waals surface area contributed by atoms with Crippen LogP contribution in [-0.4, -0.2) is 24.5 Å². The molecule has 0 saturated carbocycles. The molecule has 0 aliphatic heterocycles. The van der Waals surface area contributed by atoms with Crippen LogP contribution in [0.1, 0.15) is 5.56 Å². The maximum Gasteiger partial charge on any atom is 0.397 e. The first kappa shape index (κ1) is 12.8. The van der Waals surface area contributed by atoms with Crippen LogP contribution in [0.2, 0.25) is 0 Å². The Balaban J connectivity index is 2.56. The number of aryl methyl sites for hydroxylation is 1. The molecule has 0 fully saturated rings. The van der Waals surface area contributed by atoms with E-state index in [9.17, 15) is 13.2 Å². The van der Waals surface area contributed by atoms with Gasteiger partial charge >= 0.3 is 6.18 Å². The second kappa shape index (κ2) is 5.21. The Labute approximate surface area is 91.7 Å². The lowest BCUT2D eigenvalue weighted by atomic mass is 10.1. The average Bonchev–Trinajstić information content (AvgIpc) is 2.16. The van der Waals surface area contributed by atoms with Crippen molar-refractivity contribution in [1.82, 2.24) is 0 Å². The molecule has 0 bridgehead atoms. The molecule has 2 nitrogen and oxygen atoms in total. The Morgan fingerprint density at radius 1 is 1.38 bits per heavy atom. The number of hydrogen-bond donors (Lipinski definition) is 1. The third kappa shape index (κ3) is 3.73. The minimum absolute atomic E-state index is 0.378. The number of halogens is 3. The highest BCUT2D eigenvalue weighted by atomic mass is 19.4. The fraction of sp³-hybridized carbons (Fsp3) is 0.455. The zero-order valence-electron chi connectivity index (χ0n) is 8.79. The predicted molar refractivity (Wildman–Crippen MR) is 53.3 cm³/mol. The van der Waals surface area contributed by atoms with Crippen molar-refractivity contribution in [3.8, 4) is 5.75 Å². The first-order chi connectivity index (χ1) is 7.43. The summed E-state index contributed by atoms with van der Waals surface area (Å²) in [5.74, 6) is -1.46. The van der Waals surface area contributed by atoms with Gasteiger partial charge in [0.05, 0.1) is 6.61 Å². The summed E-state index contributed by atoms with van der Waals surface area (Å²) in [5, 5.41) is 8.59. The number of hydrogen-bond acceptors (Lipinski definition) is 2. The number of ether oxygens (including phenoxy) is 1. The number of benzene rings is 1. The molecule has 0 heterocycles. The van der Waals surface area contributed by atoms with Crippen LogP contribution in [0.15, 0.2) is 24.3 Å². The SMILES string of the molecule is Cc1cccc(OCC(CO)C(F)(F)F)c1. The summed E-state index contributed by atoms with van der Waals surface area (Å²) < 4.78 is 41.8. The van der Waals surface area contributed by atoms with Gasteiger partial charge in [0.1, 0.15) is 18.3 Å². The van der Waals surface area contributed by atoms with Crippen molar-refractivity contribution in [1.29, 1.82) is 0 Å². The number of rotatable bonds is 4. The molecule has 1 atom stereocenters. The van der Waals surface area contributed by atoms with Gasteiger partial charge in [-0.1, -0.05) is 12.1 Å². The van der Waals surface area contributed by atoms with Gasteiger partial charge in [0.2, 0.25) is 0 Å². The molecule has 16 heavy (non-hydrogen) atoms. The number of aliphatic hydroxyl groups excluding tert-OH is 1. The van der Waals surface area contributed by atoms with Gasteiger partial charge in [-0.15, -0.1) is 0 Å². The molecule has 5 heteroatoms. The summed E-state index contributed by atoms with van der Waals surface area (Å²) in [6.07, 6.45) is -4.43. The van der Waals surface area contributed by atoms with Gasteiger partial charge in [-0.25, -0.2) is 0 Å². The summed E-state index contributed by atoms with van der Waals surface area (Å²) in [4.78, 5) is 0. The van der Waals surface area contributed by atoms with Crippen molar-refractivity contribution in [2.45, 2.75) is 13.1 Å². The highest BCUT2D eigenvalue weighted by Crippen LogP contribution is 2.26. The molecular weight excluding hydrogens is 221 g/mol. The lowest BCUT2D eigenvalue weighted by Gasteiger charge is -2.18. The molecule has 0 aromatic heterocycles. The van der Waals surface area contributed by atoms with Crippen LogP contribution >= 0.6 is 0 Å². The topological polar surface area (TPSA) is 29.5 Å². The van der Waals surface area contributed by atoms with Crippen LogP contribution in [-0.2, 0) is 0 Å². The summed E-state index contributed by atoms with van der Waals surface area (Å²) in [5.41, 5.74) is 0.907. The van der Waals surface area contributed by atoms with Gasteiger partial charge in [-0.3, -0.25) is 0 Å². The van der Waals surface area contributed by atoms with Gasteiger partial charge in [0, 0.05) is 0 Å². The average molecular weight is 234 g/mol. The zero-order chi connectivity index (χ0) is 12.2.